The van der Waals surface area contributed by atoms with E-state index in [0.29, 0.717) is 9.75 Å². The van der Waals surface area contributed by atoms with Crippen LogP contribution in [0.25, 0.3) is 20.9 Å². The maximum Gasteiger partial charge on any atom is 0.343 e. The van der Waals surface area contributed by atoms with Crippen LogP contribution in [-0.2, 0) is 4.74 Å². The SMILES string of the molecule is CCOC(=O)c1c(-c2ccccc2)sc(-c2ccc(F)cc2)cc1=O. The van der Waals surface area contributed by atoms with Crippen LogP contribution in [-0.4, -0.2) is 12.6 Å². The van der Waals surface area contributed by atoms with Crippen LogP contribution in [0.4, 0.5) is 4.39 Å². The van der Waals surface area contributed by atoms with Crippen molar-refractivity contribution < 1.29 is 13.9 Å². The van der Waals surface area contributed by atoms with Gasteiger partial charge in [0.25, 0.3) is 0 Å². The van der Waals surface area contributed by atoms with Crippen molar-refractivity contribution in [3.05, 3.63) is 82.3 Å². The first-order chi connectivity index (χ1) is 12.1. The van der Waals surface area contributed by atoms with Crippen molar-refractivity contribution >= 4 is 17.3 Å². The molecular formula is C20H15FO3S. The van der Waals surface area contributed by atoms with Gasteiger partial charge in [0.2, 0.25) is 0 Å². The molecule has 0 bridgehead atoms. The van der Waals surface area contributed by atoms with Crippen molar-refractivity contribution in [2.24, 2.45) is 0 Å². The number of benzene rings is 2. The van der Waals surface area contributed by atoms with Crippen LogP contribution in [0.3, 0.4) is 0 Å². The average Bonchev–Trinajstić information content (AvgIpc) is 2.62. The second-order valence-corrected chi connectivity index (χ2v) is 6.32. The first kappa shape index (κ1) is 17.0. The van der Waals surface area contributed by atoms with Crippen LogP contribution in [0.2, 0.25) is 0 Å². The zero-order valence-corrected chi connectivity index (χ0v) is 14.3. The molecule has 0 aliphatic rings. The number of ether oxygens (including phenoxy) is 1. The number of carbonyl (C=O) groups excluding carboxylic acids is 1. The van der Waals surface area contributed by atoms with E-state index in [1.807, 2.05) is 30.3 Å². The molecule has 0 unspecified atom stereocenters. The van der Waals surface area contributed by atoms with Gasteiger partial charge in [0, 0.05) is 10.9 Å². The Balaban J connectivity index is 2.22. The third-order valence-corrected chi connectivity index (χ3v) is 4.81. The highest BCUT2D eigenvalue weighted by Gasteiger charge is 2.20. The summed E-state index contributed by atoms with van der Waals surface area (Å²) < 4.78 is 18.2. The van der Waals surface area contributed by atoms with Gasteiger partial charge in [-0.1, -0.05) is 42.5 Å². The number of hydrogen-bond donors (Lipinski definition) is 0. The van der Waals surface area contributed by atoms with Gasteiger partial charge < -0.3 is 4.74 Å². The summed E-state index contributed by atoms with van der Waals surface area (Å²) >= 11 is 1.31. The van der Waals surface area contributed by atoms with Crippen LogP contribution in [0.15, 0.2) is 65.5 Å². The molecule has 2 aromatic carbocycles. The molecule has 3 aromatic rings. The molecule has 0 fully saturated rings. The Morgan fingerprint density at radius 3 is 2.36 bits per heavy atom. The van der Waals surface area contributed by atoms with Crippen LogP contribution in [0.5, 0.6) is 0 Å². The van der Waals surface area contributed by atoms with Crippen molar-refractivity contribution in [2.45, 2.75) is 6.92 Å². The zero-order valence-electron chi connectivity index (χ0n) is 13.5. The predicted octanol–water partition coefficient (Wildman–Crippen LogP) is 4.76. The van der Waals surface area contributed by atoms with E-state index in [1.54, 1.807) is 19.1 Å². The fourth-order valence-corrected chi connectivity index (χ4v) is 3.62. The minimum Gasteiger partial charge on any atom is -0.462 e. The third kappa shape index (κ3) is 3.67. The summed E-state index contributed by atoms with van der Waals surface area (Å²) in [7, 11) is 0. The van der Waals surface area contributed by atoms with E-state index in [9.17, 15) is 14.0 Å². The molecule has 25 heavy (non-hydrogen) atoms. The van der Waals surface area contributed by atoms with Crippen LogP contribution >= 0.6 is 11.3 Å². The third-order valence-electron chi connectivity index (χ3n) is 3.59. The lowest BCUT2D eigenvalue weighted by atomic mass is 10.1. The summed E-state index contributed by atoms with van der Waals surface area (Å²) in [5.74, 6) is -0.976. The largest absolute Gasteiger partial charge is 0.462 e. The van der Waals surface area contributed by atoms with Gasteiger partial charge in [-0.15, -0.1) is 11.3 Å². The summed E-state index contributed by atoms with van der Waals surface area (Å²) in [6.45, 7) is 1.89. The van der Waals surface area contributed by atoms with E-state index in [1.165, 1.54) is 29.5 Å². The van der Waals surface area contributed by atoms with Crippen molar-refractivity contribution in [1.29, 1.82) is 0 Å². The molecule has 3 nitrogen and oxygen atoms in total. The van der Waals surface area contributed by atoms with Crippen LogP contribution < -0.4 is 5.43 Å². The van der Waals surface area contributed by atoms with E-state index in [2.05, 4.69) is 0 Å². The highest BCUT2D eigenvalue weighted by Crippen LogP contribution is 2.33. The Morgan fingerprint density at radius 1 is 1.04 bits per heavy atom. The number of halogens is 1. The van der Waals surface area contributed by atoms with Crippen molar-refractivity contribution in [3.63, 3.8) is 0 Å². The first-order valence-electron chi connectivity index (χ1n) is 7.76. The van der Waals surface area contributed by atoms with Crippen molar-refractivity contribution in [1.82, 2.24) is 0 Å². The standard InChI is InChI=1S/C20H15FO3S/c1-2-24-20(23)18-16(22)12-17(13-8-10-15(21)11-9-13)25-19(18)14-6-4-3-5-7-14/h3-12H,2H2,1H3. The van der Waals surface area contributed by atoms with Crippen LogP contribution in [0.1, 0.15) is 17.3 Å². The van der Waals surface area contributed by atoms with Gasteiger partial charge in [-0.3, -0.25) is 4.79 Å². The molecule has 126 valence electrons. The average molecular weight is 354 g/mol. The van der Waals surface area contributed by atoms with Gasteiger partial charge in [0.1, 0.15) is 11.4 Å². The summed E-state index contributed by atoms with van der Waals surface area (Å²) in [5, 5.41) is 0. The number of esters is 1. The second kappa shape index (κ2) is 7.40. The monoisotopic (exact) mass is 354 g/mol. The summed E-state index contributed by atoms with van der Waals surface area (Å²) in [6, 6.07) is 16.5. The Morgan fingerprint density at radius 2 is 1.72 bits per heavy atom. The summed E-state index contributed by atoms with van der Waals surface area (Å²) in [6.07, 6.45) is 0. The number of carbonyl (C=O) groups is 1. The molecule has 0 saturated heterocycles. The van der Waals surface area contributed by atoms with Gasteiger partial charge >= 0.3 is 5.97 Å². The molecule has 5 heteroatoms. The minimum absolute atomic E-state index is 0.0314. The van der Waals surface area contributed by atoms with E-state index in [0.717, 1.165) is 11.1 Å². The Labute approximate surface area is 148 Å². The molecule has 0 radical (unpaired) electrons. The van der Waals surface area contributed by atoms with E-state index < -0.39 is 11.4 Å². The highest BCUT2D eigenvalue weighted by molar-refractivity contribution is 7.18. The quantitative estimate of drug-likeness (QED) is 0.635. The van der Waals surface area contributed by atoms with Crippen molar-refractivity contribution in [3.8, 4) is 20.9 Å². The molecular weight excluding hydrogens is 339 g/mol. The topological polar surface area (TPSA) is 43.4 Å². The van der Waals surface area contributed by atoms with Gasteiger partial charge in [0.05, 0.1) is 11.5 Å². The van der Waals surface area contributed by atoms with E-state index >= 15 is 0 Å². The maximum absolute atomic E-state index is 13.2. The lowest BCUT2D eigenvalue weighted by Crippen LogP contribution is -2.17. The molecule has 1 heterocycles. The molecule has 0 amide bonds. The van der Waals surface area contributed by atoms with Gasteiger partial charge in [-0.05, 0) is 30.2 Å². The summed E-state index contributed by atoms with van der Waals surface area (Å²) in [4.78, 5) is 26.1. The fourth-order valence-electron chi connectivity index (χ4n) is 2.44. The van der Waals surface area contributed by atoms with Gasteiger partial charge in [0.15, 0.2) is 5.43 Å². The molecule has 3 rings (SSSR count). The fraction of sp³-hybridized carbons (Fsp3) is 0.100. The summed E-state index contributed by atoms with van der Waals surface area (Å²) in [5.41, 5.74) is 1.10. The number of rotatable bonds is 4. The van der Waals surface area contributed by atoms with E-state index in [4.69, 9.17) is 4.74 Å². The molecule has 0 N–H and O–H groups in total. The Kier molecular flexibility index (Phi) is 5.05. The minimum atomic E-state index is -0.631. The molecule has 0 atom stereocenters. The zero-order chi connectivity index (χ0) is 17.8. The molecule has 1 aromatic heterocycles. The van der Waals surface area contributed by atoms with Crippen molar-refractivity contribution in [2.75, 3.05) is 6.61 Å². The smallest absolute Gasteiger partial charge is 0.343 e. The lowest BCUT2D eigenvalue weighted by Gasteiger charge is -2.10. The van der Waals surface area contributed by atoms with Gasteiger partial charge in [-0.25, -0.2) is 9.18 Å². The Bertz CT molecular complexity index is 947. The normalized spacial score (nSPS) is 10.5. The maximum atomic E-state index is 13.2. The molecule has 0 aliphatic carbocycles. The van der Waals surface area contributed by atoms with E-state index in [-0.39, 0.29) is 18.0 Å². The van der Waals surface area contributed by atoms with Gasteiger partial charge in [-0.2, -0.15) is 0 Å². The first-order valence-corrected chi connectivity index (χ1v) is 8.58. The Hall–Kier alpha value is -2.79. The number of hydrogen-bond acceptors (Lipinski definition) is 4. The molecule has 0 spiro atoms. The van der Waals surface area contributed by atoms with Crippen LogP contribution in [0, 0.1) is 5.82 Å². The molecule has 0 saturated carbocycles. The predicted molar refractivity (Wildman–Crippen MR) is 97.4 cm³/mol. The lowest BCUT2D eigenvalue weighted by molar-refractivity contribution is 0.0526. The second-order valence-electron chi connectivity index (χ2n) is 5.27. The molecule has 0 aliphatic heterocycles. The highest BCUT2D eigenvalue weighted by atomic mass is 32.1.